The van der Waals surface area contributed by atoms with E-state index < -0.39 is 10.1 Å². The predicted octanol–water partition coefficient (Wildman–Crippen LogP) is 1.28. The van der Waals surface area contributed by atoms with Crippen LogP contribution in [0.3, 0.4) is 0 Å². The summed E-state index contributed by atoms with van der Waals surface area (Å²) in [6.45, 7) is 4.02. The molecule has 0 aromatic rings. The van der Waals surface area contributed by atoms with Crippen molar-refractivity contribution in [3.05, 3.63) is 0 Å². The zero-order valence-electron chi connectivity index (χ0n) is 7.88. The Hall–Kier alpha value is 0.910. The van der Waals surface area contributed by atoms with Crippen molar-refractivity contribution >= 4 is 39.7 Å². The van der Waals surface area contributed by atoms with Gasteiger partial charge in [0.2, 0.25) is 0 Å². The summed E-state index contributed by atoms with van der Waals surface area (Å²) >= 11 is 0. The maximum atomic E-state index is 11.0. The third-order valence-corrected chi connectivity index (χ3v) is 2.93. The van der Waals surface area contributed by atoms with Crippen LogP contribution in [-0.4, -0.2) is 50.3 Å². The van der Waals surface area contributed by atoms with Gasteiger partial charge in [-0.15, -0.1) is 0 Å². The van der Waals surface area contributed by atoms with Crippen LogP contribution in [0, 0.1) is 0 Å². The molecule has 0 heterocycles. The third kappa shape index (κ3) is 10.8. The Morgan fingerprint density at radius 1 is 1.08 bits per heavy atom. The van der Waals surface area contributed by atoms with E-state index in [2.05, 4.69) is 11.1 Å². The molecule has 0 saturated heterocycles. The molecule has 5 heteroatoms. The van der Waals surface area contributed by atoms with Crippen LogP contribution in [0.4, 0.5) is 0 Å². The zero-order chi connectivity index (χ0) is 9.45. The normalized spacial score (nSPS) is 10.9. The van der Waals surface area contributed by atoms with Crippen molar-refractivity contribution in [1.82, 2.24) is 0 Å². The quantitative estimate of drug-likeness (QED) is 0.367. The molecule has 0 saturated carbocycles. The SMILES string of the molecule is CCCCCCS(=O)(=O)OCC.[NaH]. The Labute approximate surface area is 104 Å². The van der Waals surface area contributed by atoms with Gasteiger partial charge in [0.15, 0.2) is 0 Å². The summed E-state index contributed by atoms with van der Waals surface area (Å²) in [5.74, 6) is 0.167. The molecule has 0 aliphatic heterocycles. The van der Waals surface area contributed by atoms with Gasteiger partial charge in [-0.2, -0.15) is 8.42 Å². The van der Waals surface area contributed by atoms with Crippen LogP contribution in [0.15, 0.2) is 0 Å². The number of hydrogen-bond acceptors (Lipinski definition) is 3. The molecule has 0 radical (unpaired) electrons. The molecule has 3 nitrogen and oxygen atoms in total. The first-order valence-electron chi connectivity index (χ1n) is 4.49. The molecule has 0 N–H and O–H groups in total. The van der Waals surface area contributed by atoms with Gasteiger partial charge in [-0.1, -0.05) is 26.2 Å². The molecule has 0 unspecified atom stereocenters. The van der Waals surface area contributed by atoms with Crippen molar-refractivity contribution in [2.24, 2.45) is 0 Å². The first-order valence-corrected chi connectivity index (χ1v) is 6.07. The second kappa shape index (κ2) is 9.46. The number of hydrogen-bond donors (Lipinski definition) is 0. The Bertz CT molecular complexity index is 190. The van der Waals surface area contributed by atoms with E-state index in [-0.39, 0.29) is 41.9 Å². The molecule has 76 valence electrons. The van der Waals surface area contributed by atoms with Gasteiger partial charge in [-0.05, 0) is 13.3 Å². The summed E-state index contributed by atoms with van der Waals surface area (Å²) in [5, 5.41) is 0. The number of unbranched alkanes of at least 4 members (excludes halogenated alkanes) is 3. The summed E-state index contributed by atoms with van der Waals surface area (Å²) in [6.07, 6.45) is 3.91. The monoisotopic (exact) mass is 218 g/mol. The maximum absolute atomic E-state index is 11.0. The molecule has 0 aromatic carbocycles. The van der Waals surface area contributed by atoms with Crippen LogP contribution in [0.1, 0.15) is 39.5 Å². The minimum atomic E-state index is -3.21. The topological polar surface area (TPSA) is 43.4 Å². The molecule has 0 aliphatic carbocycles. The zero-order valence-corrected chi connectivity index (χ0v) is 8.69. The van der Waals surface area contributed by atoms with Gasteiger partial charge in [0, 0.05) is 0 Å². The number of rotatable bonds is 7. The molecule has 0 rings (SSSR count). The van der Waals surface area contributed by atoms with Crippen LogP contribution >= 0.6 is 0 Å². The second-order valence-electron chi connectivity index (χ2n) is 2.73. The minimum absolute atomic E-state index is 0. The molecule has 0 spiro atoms. The summed E-state index contributed by atoms with van der Waals surface area (Å²) in [6, 6.07) is 0. The standard InChI is InChI=1S/C8H18O3S.Na.H/c1-3-5-6-7-8-12(9,10)11-4-2;;/h3-8H2,1-2H3;;. The van der Waals surface area contributed by atoms with Crippen LogP contribution in [0.2, 0.25) is 0 Å². The van der Waals surface area contributed by atoms with Gasteiger partial charge in [-0.25, -0.2) is 0 Å². The van der Waals surface area contributed by atoms with E-state index in [4.69, 9.17) is 0 Å². The van der Waals surface area contributed by atoms with Crippen molar-refractivity contribution in [3.63, 3.8) is 0 Å². The molecule has 0 aromatic heterocycles. The molecular weight excluding hydrogens is 199 g/mol. The second-order valence-corrected chi connectivity index (χ2v) is 4.49. The molecule has 0 atom stereocenters. The van der Waals surface area contributed by atoms with Gasteiger partial charge < -0.3 is 0 Å². The average molecular weight is 218 g/mol. The van der Waals surface area contributed by atoms with Crippen LogP contribution < -0.4 is 0 Å². The summed E-state index contributed by atoms with van der Waals surface area (Å²) in [5.41, 5.74) is 0. The van der Waals surface area contributed by atoms with E-state index in [1.54, 1.807) is 6.92 Å². The van der Waals surface area contributed by atoms with Crippen molar-refractivity contribution in [2.45, 2.75) is 39.5 Å². The molecule has 0 fully saturated rings. The van der Waals surface area contributed by atoms with E-state index >= 15 is 0 Å². The van der Waals surface area contributed by atoms with E-state index in [0.29, 0.717) is 0 Å². The predicted molar refractivity (Wildman–Crippen MR) is 56.7 cm³/mol. The molecule has 0 amide bonds. The first-order chi connectivity index (χ1) is 5.62. The van der Waals surface area contributed by atoms with Crippen molar-refractivity contribution in [3.8, 4) is 0 Å². The van der Waals surface area contributed by atoms with Gasteiger partial charge in [0.1, 0.15) is 0 Å². The van der Waals surface area contributed by atoms with Crippen molar-refractivity contribution in [2.75, 3.05) is 12.4 Å². The molecular formula is C8H19NaO3S. The average Bonchev–Trinajstić information content (AvgIpc) is 1.98. The third-order valence-electron chi connectivity index (χ3n) is 1.55. The Morgan fingerprint density at radius 3 is 2.15 bits per heavy atom. The fraction of sp³-hybridized carbons (Fsp3) is 1.00. The Kier molecular flexibility index (Phi) is 11.9. The van der Waals surface area contributed by atoms with E-state index in [1.165, 1.54) is 0 Å². The first kappa shape index (κ1) is 16.3. The molecule has 0 aliphatic rings. The van der Waals surface area contributed by atoms with Gasteiger partial charge in [0.25, 0.3) is 10.1 Å². The van der Waals surface area contributed by atoms with Crippen molar-refractivity contribution in [1.29, 1.82) is 0 Å². The summed E-state index contributed by atoms with van der Waals surface area (Å²) in [7, 11) is -3.21. The van der Waals surface area contributed by atoms with Gasteiger partial charge in [0.05, 0.1) is 12.4 Å². The fourth-order valence-electron chi connectivity index (χ4n) is 0.944. The Balaban J connectivity index is 0. The van der Waals surface area contributed by atoms with Crippen LogP contribution in [-0.2, 0) is 14.3 Å². The van der Waals surface area contributed by atoms with Gasteiger partial charge >= 0.3 is 29.6 Å². The van der Waals surface area contributed by atoms with Gasteiger partial charge in [-0.3, -0.25) is 4.18 Å². The van der Waals surface area contributed by atoms with Crippen molar-refractivity contribution < 1.29 is 12.6 Å². The molecule has 13 heavy (non-hydrogen) atoms. The Morgan fingerprint density at radius 2 is 1.69 bits per heavy atom. The molecule has 0 bridgehead atoms. The summed E-state index contributed by atoms with van der Waals surface area (Å²) < 4.78 is 26.5. The van der Waals surface area contributed by atoms with E-state index in [1.807, 2.05) is 0 Å². The van der Waals surface area contributed by atoms with E-state index in [0.717, 1.165) is 25.7 Å². The summed E-state index contributed by atoms with van der Waals surface area (Å²) in [4.78, 5) is 0. The van der Waals surface area contributed by atoms with E-state index in [9.17, 15) is 8.42 Å². The fourth-order valence-corrected chi connectivity index (χ4v) is 1.98. The van der Waals surface area contributed by atoms with Crippen LogP contribution in [0.25, 0.3) is 0 Å². The van der Waals surface area contributed by atoms with Crippen LogP contribution in [0.5, 0.6) is 0 Å².